The summed E-state index contributed by atoms with van der Waals surface area (Å²) in [6.07, 6.45) is 0. The normalized spacial score (nSPS) is 10.7. The van der Waals surface area contributed by atoms with E-state index in [1.165, 1.54) is 24.3 Å². The van der Waals surface area contributed by atoms with Crippen LogP contribution >= 0.6 is 0 Å². The summed E-state index contributed by atoms with van der Waals surface area (Å²) >= 11 is 0. The van der Waals surface area contributed by atoms with Gasteiger partial charge in [-0.2, -0.15) is 5.10 Å². The Morgan fingerprint density at radius 1 is 1.11 bits per heavy atom. The number of benzene rings is 2. The standard InChI is InChI=1S/C21H22FN3O2/c1-15-20(16(2)25(23-15)18-7-5-4-6-8-18)13-24(3)21(26)14-27-19-11-9-17(22)10-12-19/h4-12H,13-14H2,1-3H3. The van der Waals surface area contributed by atoms with Gasteiger partial charge in [-0.1, -0.05) is 18.2 Å². The molecule has 0 aliphatic rings. The van der Waals surface area contributed by atoms with Crippen LogP contribution in [0.3, 0.4) is 0 Å². The summed E-state index contributed by atoms with van der Waals surface area (Å²) in [6.45, 7) is 4.27. The second-order valence-corrected chi connectivity index (χ2v) is 6.39. The predicted molar refractivity (Wildman–Crippen MR) is 101 cm³/mol. The molecule has 0 radical (unpaired) electrons. The molecular weight excluding hydrogens is 345 g/mol. The maximum atomic E-state index is 12.9. The average Bonchev–Trinajstić information content (AvgIpc) is 2.96. The van der Waals surface area contributed by atoms with E-state index < -0.39 is 0 Å². The lowest BCUT2D eigenvalue weighted by Crippen LogP contribution is -2.31. The summed E-state index contributed by atoms with van der Waals surface area (Å²) in [6, 6.07) is 15.5. The van der Waals surface area contributed by atoms with Crippen molar-refractivity contribution in [1.82, 2.24) is 14.7 Å². The van der Waals surface area contributed by atoms with Crippen LogP contribution in [0.25, 0.3) is 5.69 Å². The molecule has 140 valence electrons. The van der Waals surface area contributed by atoms with Crippen molar-refractivity contribution < 1.29 is 13.9 Å². The molecule has 0 fully saturated rings. The molecule has 0 aliphatic carbocycles. The number of amides is 1. The van der Waals surface area contributed by atoms with E-state index >= 15 is 0 Å². The number of aryl methyl sites for hydroxylation is 1. The Morgan fingerprint density at radius 2 is 1.78 bits per heavy atom. The van der Waals surface area contributed by atoms with Crippen LogP contribution in [0.4, 0.5) is 4.39 Å². The molecule has 0 aliphatic heterocycles. The van der Waals surface area contributed by atoms with Crippen LogP contribution < -0.4 is 4.74 Å². The highest BCUT2D eigenvalue weighted by molar-refractivity contribution is 5.77. The molecule has 1 heterocycles. The monoisotopic (exact) mass is 367 g/mol. The fourth-order valence-corrected chi connectivity index (χ4v) is 2.84. The molecule has 27 heavy (non-hydrogen) atoms. The number of para-hydroxylation sites is 1. The molecule has 1 amide bonds. The predicted octanol–water partition coefficient (Wildman–Crippen LogP) is 3.67. The molecule has 5 nitrogen and oxygen atoms in total. The van der Waals surface area contributed by atoms with Crippen molar-refractivity contribution >= 4 is 5.91 Å². The van der Waals surface area contributed by atoms with E-state index in [2.05, 4.69) is 5.10 Å². The minimum atomic E-state index is -0.341. The Balaban J connectivity index is 1.66. The molecule has 2 aromatic carbocycles. The van der Waals surface area contributed by atoms with Crippen LogP contribution in [-0.2, 0) is 11.3 Å². The second kappa shape index (κ2) is 8.03. The molecular formula is C21H22FN3O2. The first-order valence-corrected chi connectivity index (χ1v) is 8.68. The summed E-state index contributed by atoms with van der Waals surface area (Å²) in [7, 11) is 1.73. The fourth-order valence-electron chi connectivity index (χ4n) is 2.84. The molecule has 0 saturated carbocycles. The number of carbonyl (C=O) groups is 1. The van der Waals surface area contributed by atoms with Gasteiger partial charge in [-0.3, -0.25) is 4.79 Å². The van der Waals surface area contributed by atoms with E-state index in [1.54, 1.807) is 11.9 Å². The minimum absolute atomic E-state index is 0.104. The van der Waals surface area contributed by atoms with Crippen LogP contribution in [0.5, 0.6) is 5.75 Å². The first-order valence-electron chi connectivity index (χ1n) is 8.68. The van der Waals surface area contributed by atoms with E-state index in [1.807, 2.05) is 48.9 Å². The zero-order valence-corrected chi connectivity index (χ0v) is 15.6. The van der Waals surface area contributed by atoms with Gasteiger partial charge in [0.2, 0.25) is 0 Å². The summed E-state index contributed by atoms with van der Waals surface area (Å²) < 4.78 is 20.2. The average molecular weight is 367 g/mol. The van der Waals surface area contributed by atoms with Crippen molar-refractivity contribution in [2.75, 3.05) is 13.7 Å². The maximum Gasteiger partial charge on any atom is 0.260 e. The Labute approximate surface area is 158 Å². The highest BCUT2D eigenvalue weighted by Crippen LogP contribution is 2.19. The Hall–Kier alpha value is -3.15. The Kier molecular flexibility index (Phi) is 5.54. The summed E-state index contributed by atoms with van der Waals surface area (Å²) in [4.78, 5) is 14.0. The molecule has 0 unspecified atom stereocenters. The number of rotatable bonds is 6. The van der Waals surface area contributed by atoms with Gasteiger partial charge in [0.25, 0.3) is 5.91 Å². The van der Waals surface area contributed by atoms with E-state index in [4.69, 9.17) is 4.74 Å². The largest absolute Gasteiger partial charge is 0.484 e. The van der Waals surface area contributed by atoms with E-state index in [0.29, 0.717) is 12.3 Å². The smallest absolute Gasteiger partial charge is 0.260 e. The SMILES string of the molecule is Cc1nn(-c2ccccc2)c(C)c1CN(C)C(=O)COc1ccc(F)cc1. The number of nitrogens with zero attached hydrogens (tertiary/aromatic N) is 3. The van der Waals surface area contributed by atoms with Gasteiger partial charge in [-0.05, 0) is 50.2 Å². The number of halogens is 1. The zero-order valence-electron chi connectivity index (χ0n) is 15.6. The lowest BCUT2D eigenvalue weighted by Gasteiger charge is -2.18. The van der Waals surface area contributed by atoms with Gasteiger partial charge in [0.05, 0.1) is 11.4 Å². The van der Waals surface area contributed by atoms with Crippen LogP contribution in [0.2, 0.25) is 0 Å². The highest BCUT2D eigenvalue weighted by atomic mass is 19.1. The Morgan fingerprint density at radius 3 is 2.44 bits per heavy atom. The number of aromatic nitrogens is 2. The molecule has 3 rings (SSSR count). The number of ether oxygens (including phenoxy) is 1. The van der Waals surface area contributed by atoms with Crippen LogP contribution in [0.15, 0.2) is 54.6 Å². The van der Waals surface area contributed by atoms with Gasteiger partial charge in [0.15, 0.2) is 6.61 Å². The van der Waals surface area contributed by atoms with Gasteiger partial charge in [0.1, 0.15) is 11.6 Å². The van der Waals surface area contributed by atoms with Crippen molar-refractivity contribution in [3.63, 3.8) is 0 Å². The number of hydrogen-bond acceptors (Lipinski definition) is 3. The number of likely N-dealkylation sites (N-methyl/N-ethyl adjacent to an activating group) is 1. The topological polar surface area (TPSA) is 47.4 Å². The third-order valence-electron chi connectivity index (χ3n) is 4.44. The summed E-state index contributed by atoms with van der Waals surface area (Å²) in [5.41, 5.74) is 3.88. The lowest BCUT2D eigenvalue weighted by molar-refractivity contribution is -0.132. The van der Waals surface area contributed by atoms with Crippen molar-refractivity contribution in [1.29, 1.82) is 0 Å². The molecule has 0 N–H and O–H groups in total. The van der Waals surface area contributed by atoms with E-state index in [0.717, 1.165) is 22.6 Å². The molecule has 0 saturated heterocycles. The first-order chi connectivity index (χ1) is 13.0. The summed E-state index contributed by atoms with van der Waals surface area (Å²) in [5, 5.41) is 4.61. The molecule has 0 bridgehead atoms. The first kappa shape index (κ1) is 18.6. The third-order valence-corrected chi connectivity index (χ3v) is 4.44. The number of carbonyl (C=O) groups excluding carboxylic acids is 1. The molecule has 0 spiro atoms. The molecule has 0 atom stereocenters. The van der Waals surface area contributed by atoms with Crippen molar-refractivity contribution in [2.24, 2.45) is 0 Å². The fraction of sp³-hybridized carbons (Fsp3) is 0.238. The molecule has 6 heteroatoms. The van der Waals surface area contributed by atoms with Gasteiger partial charge < -0.3 is 9.64 Å². The van der Waals surface area contributed by atoms with E-state index in [-0.39, 0.29) is 18.3 Å². The van der Waals surface area contributed by atoms with Crippen LogP contribution in [0, 0.1) is 19.7 Å². The van der Waals surface area contributed by atoms with Crippen LogP contribution in [0.1, 0.15) is 17.0 Å². The third kappa shape index (κ3) is 4.34. The zero-order chi connectivity index (χ0) is 19.4. The highest BCUT2D eigenvalue weighted by Gasteiger charge is 2.17. The van der Waals surface area contributed by atoms with Crippen molar-refractivity contribution in [3.8, 4) is 11.4 Å². The number of hydrogen-bond donors (Lipinski definition) is 0. The van der Waals surface area contributed by atoms with Crippen LogP contribution in [-0.4, -0.2) is 34.2 Å². The molecule has 1 aromatic heterocycles. The Bertz CT molecular complexity index is 921. The van der Waals surface area contributed by atoms with Crippen molar-refractivity contribution in [3.05, 3.63) is 77.4 Å². The van der Waals surface area contributed by atoms with Gasteiger partial charge in [-0.25, -0.2) is 9.07 Å². The maximum absolute atomic E-state index is 12.9. The quantitative estimate of drug-likeness (QED) is 0.668. The van der Waals surface area contributed by atoms with Gasteiger partial charge in [-0.15, -0.1) is 0 Å². The molecule has 3 aromatic rings. The van der Waals surface area contributed by atoms with Gasteiger partial charge >= 0.3 is 0 Å². The summed E-state index contributed by atoms with van der Waals surface area (Å²) in [5.74, 6) is -0.0415. The second-order valence-electron chi connectivity index (χ2n) is 6.39. The minimum Gasteiger partial charge on any atom is -0.484 e. The van der Waals surface area contributed by atoms with Crippen molar-refractivity contribution in [2.45, 2.75) is 20.4 Å². The van der Waals surface area contributed by atoms with Gasteiger partial charge in [0, 0.05) is 24.8 Å². The van der Waals surface area contributed by atoms with E-state index in [9.17, 15) is 9.18 Å². The lowest BCUT2D eigenvalue weighted by atomic mass is 10.2.